The zero-order chi connectivity index (χ0) is 14.1. The molecule has 0 aliphatic carbocycles. The van der Waals surface area contributed by atoms with E-state index >= 15 is 0 Å². The van der Waals surface area contributed by atoms with Crippen LogP contribution in [0.1, 0.15) is 18.2 Å². The molecule has 0 amide bonds. The Hall–Kier alpha value is -1.43. The lowest BCUT2D eigenvalue weighted by Gasteiger charge is -2.33. The van der Waals surface area contributed by atoms with Crippen molar-refractivity contribution in [1.82, 2.24) is 19.6 Å². The monoisotopic (exact) mass is 308 g/mol. The molecule has 0 saturated carbocycles. The van der Waals surface area contributed by atoms with E-state index in [1.54, 1.807) is 10.5 Å². The molecule has 0 radical (unpaired) electrons. The van der Waals surface area contributed by atoms with Gasteiger partial charge in [0, 0.05) is 44.5 Å². The molecule has 2 aromatic rings. The number of fused-ring (bicyclic) bond motifs is 1. The molecule has 0 bridgehead atoms. The highest BCUT2D eigenvalue weighted by molar-refractivity contribution is 5.85. The smallest absolute Gasteiger partial charge is 0.258 e. The highest BCUT2D eigenvalue weighted by atomic mass is 35.5. The Morgan fingerprint density at radius 1 is 1.43 bits per heavy atom. The van der Waals surface area contributed by atoms with E-state index in [1.807, 2.05) is 25.3 Å². The van der Waals surface area contributed by atoms with Crippen LogP contribution in [0, 0.1) is 6.92 Å². The largest absolute Gasteiger partial charge is 0.314 e. The van der Waals surface area contributed by atoms with Gasteiger partial charge in [-0.1, -0.05) is 6.07 Å². The lowest BCUT2D eigenvalue weighted by atomic mass is 10.2. The lowest BCUT2D eigenvalue weighted by molar-refractivity contribution is 0.164. The third-order valence-corrected chi connectivity index (χ3v) is 3.86. The van der Waals surface area contributed by atoms with E-state index in [0.29, 0.717) is 6.04 Å². The molecule has 0 aromatic carbocycles. The van der Waals surface area contributed by atoms with Crippen LogP contribution < -0.4 is 10.9 Å². The molecule has 114 valence electrons. The molecule has 1 unspecified atom stereocenters. The number of pyridine rings is 1. The molecule has 1 N–H and O–H groups in total. The van der Waals surface area contributed by atoms with Gasteiger partial charge in [-0.2, -0.15) is 0 Å². The van der Waals surface area contributed by atoms with Crippen LogP contribution in [0.25, 0.3) is 5.65 Å². The molecule has 1 aliphatic heterocycles. The van der Waals surface area contributed by atoms with Crippen LogP contribution in [0.4, 0.5) is 0 Å². The lowest BCUT2D eigenvalue weighted by Crippen LogP contribution is -2.49. The molecule has 5 nitrogen and oxygen atoms in total. The van der Waals surface area contributed by atoms with Crippen molar-refractivity contribution in [1.29, 1.82) is 0 Å². The summed E-state index contributed by atoms with van der Waals surface area (Å²) in [5, 5.41) is 3.37. The average molecular weight is 309 g/mol. The maximum Gasteiger partial charge on any atom is 0.258 e. The average Bonchev–Trinajstić information content (AvgIpc) is 2.42. The van der Waals surface area contributed by atoms with Crippen molar-refractivity contribution in [3.63, 3.8) is 0 Å². The van der Waals surface area contributed by atoms with Crippen LogP contribution in [0.5, 0.6) is 0 Å². The van der Waals surface area contributed by atoms with Gasteiger partial charge in [-0.25, -0.2) is 4.98 Å². The second-order valence-corrected chi connectivity index (χ2v) is 5.54. The number of hydrogen-bond donors (Lipinski definition) is 1. The van der Waals surface area contributed by atoms with Gasteiger partial charge in [0.25, 0.3) is 5.56 Å². The second kappa shape index (κ2) is 6.56. The Kier molecular flexibility index (Phi) is 4.98. The number of aromatic nitrogens is 2. The predicted octanol–water partition coefficient (Wildman–Crippen LogP) is 1.22. The van der Waals surface area contributed by atoms with Crippen molar-refractivity contribution in [2.45, 2.75) is 26.4 Å². The van der Waals surface area contributed by atoms with Gasteiger partial charge in [-0.05, 0) is 25.5 Å². The fourth-order valence-electron chi connectivity index (χ4n) is 2.67. The molecule has 1 saturated heterocycles. The third kappa shape index (κ3) is 3.43. The Bertz CT molecular complexity index is 685. The Labute approximate surface area is 130 Å². The summed E-state index contributed by atoms with van der Waals surface area (Å²) in [6.07, 6.45) is 1.84. The number of rotatable bonds is 2. The van der Waals surface area contributed by atoms with Crippen LogP contribution in [0.15, 0.2) is 29.2 Å². The summed E-state index contributed by atoms with van der Waals surface area (Å²) in [5.41, 5.74) is 2.63. The van der Waals surface area contributed by atoms with E-state index < -0.39 is 0 Å². The fourth-order valence-corrected chi connectivity index (χ4v) is 2.67. The predicted molar refractivity (Wildman–Crippen MR) is 86.2 cm³/mol. The van der Waals surface area contributed by atoms with E-state index in [0.717, 1.165) is 43.1 Å². The Morgan fingerprint density at radius 2 is 2.24 bits per heavy atom. The summed E-state index contributed by atoms with van der Waals surface area (Å²) < 4.78 is 1.61. The third-order valence-electron chi connectivity index (χ3n) is 3.86. The standard InChI is InChI=1S/C15H20N4O.ClH/c1-11-3-4-14-17-13(7-15(20)19(14)9-11)10-18-6-5-16-8-12(18)2;/h3-4,7,9,12,16H,5-6,8,10H2,1-2H3;1H. The minimum atomic E-state index is -0.00325. The number of nitrogens with zero attached hydrogens (tertiary/aromatic N) is 3. The zero-order valence-corrected chi connectivity index (χ0v) is 13.2. The van der Waals surface area contributed by atoms with E-state index in [4.69, 9.17) is 0 Å². The maximum absolute atomic E-state index is 12.2. The van der Waals surface area contributed by atoms with Gasteiger partial charge in [0.15, 0.2) is 0 Å². The Morgan fingerprint density at radius 3 is 3.00 bits per heavy atom. The molecule has 1 fully saturated rings. The highest BCUT2D eigenvalue weighted by Crippen LogP contribution is 2.09. The molecule has 6 heteroatoms. The molecule has 21 heavy (non-hydrogen) atoms. The van der Waals surface area contributed by atoms with E-state index in [1.165, 1.54) is 0 Å². The first-order chi connectivity index (χ1) is 9.63. The van der Waals surface area contributed by atoms with Crippen molar-refractivity contribution in [3.05, 3.63) is 46.0 Å². The Balaban J connectivity index is 0.00000161. The molecule has 3 rings (SSSR count). The number of hydrogen-bond acceptors (Lipinski definition) is 4. The molecular formula is C15H21ClN4O. The summed E-state index contributed by atoms with van der Waals surface area (Å²) >= 11 is 0. The topological polar surface area (TPSA) is 49.6 Å². The van der Waals surface area contributed by atoms with Crippen molar-refractivity contribution in [2.24, 2.45) is 0 Å². The molecule has 2 aromatic heterocycles. The van der Waals surface area contributed by atoms with Gasteiger partial charge in [-0.3, -0.25) is 14.1 Å². The highest BCUT2D eigenvalue weighted by Gasteiger charge is 2.18. The van der Waals surface area contributed by atoms with Gasteiger partial charge in [-0.15, -0.1) is 12.4 Å². The summed E-state index contributed by atoms with van der Waals surface area (Å²) in [6.45, 7) is 7.89. The van der Waals surface area contributed by atoms with Gasteiger partial charge in [0.1, 0.15) is 5.65 Å². The normalized spacial score (nSPS) is 19.4. The van der Waals surface area contributed by atoms with Crippen LogP contribution in [0.2, 0.25) is 0 Å². The van der Waals surface area contributed by atoms with E-state index in [2.05, 4.69) is 22.1 Å². The number of piperazine rings is 1. The second-order valence-electron chi connectivity index (χ2n) is 5.54. The first kappa shape index (κ1) is 15.9. The van der Waals surface area contributed by atoms with Crippen molar-refractivity contribution >= 4 is 18.1 Å². The van der Waals surface area contributed by atoms with Crippen LogP contribution in [-0.2, 0) is 6.54 Å². The van der Waals surface area contributed by atoms with Gasteiger partial charge in [0.2, 0.25) is 0 Å². The van der Waals surface area contributed by atoms with E-state index in [9.17, 15) is 4.79 Å². The minimum absolute atomic E-state index is 0. The molecular weight excluding hydrogens is 288 g/mol. The van der Waals surface area contributed by atoms with Gasteiger partial charge < -0.3 is 5.32 Å². The van der Waals surface area contributed by atoms with Crippen LogP contribution >= 0.6 is 12.4 Å². The van der Waals surface area contributed by atoms with Crippen LogP contribution in [-0.4, -0.2) is 40.0 Å². The first-order valence-corrected chi connectivity index (χ1v) is 7.07. The van der Waals surface area contributed by atoms with Gasteiger partial charge >= 0.3 is 0 Å². The maximum atomic E-state index is 12.2. The molecule has 3 heterocycles. The van der Waals surface area contributed by atoms with Crippen LogP contribution in [0.3, 0.4) is 0 Å². The summed E-state index contributed by atoms with van der Waals surface area (Å²) in [5.74, 6) is 0. The quantitative estimate of drug-likeness (QED) is 0.906. The van der Waals surface area contributed by atoms with Crippen molar-refractivity contribution < 1.29 is 0 Å². The van der Waals surface area contributed by atoms with E-state index in [-0.39, 0.29) is 18.0 Å². The first-order valence-electron chi connectivity index (χ1n) is 7.07. The van der Waals surface area contributed by atoms with Crippen molar-refractivity contribution in [2.75, 3.05) is 19.6 Å². The summed E-state index contributed by atoms with van der Waals surface area (Å²) in [4.78, 5) is 19.1. The summed E-state index contributed by atoms with van der Waals surface area (Å²) in [7, 11) is 0. The SMILES string of the molecule is Cc1ccc2nc(CN3CCNCC3C)cc(=O)n2c1.Cl. The molecule has 0 spiro atoms. The fraction of sp³-hybridized carbons (Fsp3) is 0.467. The molecule has 1 atom stereocenters. The minimum Gasteiger partial charge on any atom is -0.314 e. The zero-order valence-electron chi connectivity index (χ0n) is 12.4. The molecule has 1 aliphatic rings. The number of nitrogens with one attached hydrogen (secondary N) is 1. The number of aryl methyl sites for hydroxylation is 1. The summed E-state index contributed by atoms with van der Waals surface area (Å²) in [6, 6.07) is 6.02. The number of halogens is 1. The van der Waals surface area contributed by atoms with Gasteiger partial charge in [0.05, 0.1) is 5.69 Å². The van der Waals surface area contributed by atoms with Crippen molar-refractivity contribution in [3.8, 4) is 0 Å².